The van der Waals surface area contributed by atoms with E-state index in [1.807, 2.05) is 6.92 Å². The zero-order chi connectivity index (χ0) is 8.97. The largest absolute Gasteiger partial charge is 0.298 e. The molecule has 1 heterocycles. The molecule has 0 saturated heterocycles. The van der Waals surface area contributed by atoms with Gasteiger partial charge in [-0.15, -0.1) is 11.3 Å². The van der Waals surface area contributed by atoms with Crippen LogP contribution in [0.3, 0.4) is 0 Å². The summed E-state index contributed by atoms with van der Waals surface area (Å²) in [6, 6.07) is 4.21. The molecule has 1 unspecified atom stereocenters. The number of rotatable bonds is 3. The van der Waals surface area contributed by atoms with Crippen molar-refractivity contribution in [2.75, 3.05) is 0 Å². The summed E-state index contributed by atoms with van der Waals surface area (Å²) < 4.78 is 0. The van der Waals surface area contributed by atoms with Crippen molar-refractivity contribution < 1.29 is 0 Å². The molecule has 0 aromatic carbocycles. The Labute approximate surface area is 76.8 Å². The van der Waals surface area contributed by atoms with Crippen LogP contribution >= 0.6 is 11.3 Å². The maximum absolute atomic E-state index is 8.51. The molecule has 12 heavy (non-hydrogen) atoms. The summed E-state index contributed by atoms with van der Waals surface area (Å²) in [4.78, 5) is 1.32. The van der Waals surface area contributed by atoms with Crippen LogP contribution in [-0.2, 0) is 6.54 Å². The summed E-state index contributed by atoms with van der Waals surface area (Å²) in [7, 11) is 0. The number of hydrogen-bond donors (Lipinski definition) is 1. The first kappa shape index (κ1) is 9.24. The van der Waals surface area contributed by atoms with Crippen molar-refractivity contribution in [2.24, 2.45) is 0 Å². The van der Waals surface area contributed by atoms with Crippen LogP contribution in [0.1, 0.15) is 17.4 Å². The van der Waals surface area contributed by atoms with Crippen molar-refractivity contribution in [1.82, 2.24) is 5.32 Å². The monoisotopic (exact) mass is 180 g/mol. The molecule has 0 spiro atoms. The highest BCUT2D eigenvalue weighted by molar-refractivity contribution is 7.10. The van der Waals surface area contributed by atoms with Gasteiger partial charge in [-0.2, -0.15) is 5.26 Å². The molecule has 0 aliphatic rings. The Balaban J connectivity index is 2.39. The van der Waals surface area contributed by atoms with Gasteiger partial charge in [0, 0.05) is 11.4 Å². The van der Waals surface area contributed by atoms with Crippen LogP contribution in [0.5, 0.6) is 0 Å². The molecule has 0 bridgehead atoms. The molecule has 1 aromatic rings. The van der Waals surface area contributed by atoms with E-state index in [0.29, 0.717) is 0 Å². The van der Waals surface area contributed by atoms with E-state index in [0.717, 1.165) is 6.54 Å². The molecule has 0 aliphatic carbocycles. The molecule has 1 N–H and O–H groups in total. The van der Waals surface area contributed by atoms with E-state index in [1.54, 1.807) is 11.3 Å². The normalized spacial score (nSPS) is 12.4. The molecule has 0 amide bonds. The fraction of sp³-hybridized carbons (Fsp3) is 0.444. The Kier molecular flexibility index (Phi) is 3.27. The maximum Gasteiger partial charge on any atom is 0.0927 e. The lowest BCUT2D eigenvalue weighted by molar-refractivity contribution is 0.643. The molecule has 2 nitrogen and oxygen atoms in total. The summed E-state index contributed by atoms with van der Waals surface area (Å²) in [6.45, 7) is 4.74. The van der Waals surface area contributed by atoms with Crippen molar-refractivity contribution in [3.8, 4) is 6.07 Å². The molecule has 1 atom stereocenters. The first-order chi connectivity index (χ1) is 5.72. The molecule has 0 fully saturated rings. The highest BCUT2D eigenvalue weighted by atomic mass is 32.1. The van der Waals surface area contributed by atoms with E-state index in [2.05, 4.69) is 29.8 Å². The molecule has 1 rings (SSSR count). The van der Waals surface area contributed by atoms with E-state index in [-0.39, 0.29) is 6.04 Å². The minimum absolute atomic E-state index is 0.0646. The molecular formula is C9H12N2S. The molecule has 0 radical (unpaired) electrons. The van der Waals surface area contributed by atoms with Crippen molar-refractivity contribution in [3.05, 3.63) is 21.9 Å². The van der Waals surface area contributed by atoms with Crippen LogP contribution in [0.25, 0.3) is 0 Å². The van der Waals surface area contributed by atoms with E-state index in [4.69, 9.17) is 5.26 Å². The fourth-order valence-electron chi connectivity index (χ4n) is 0.907. The van der Waals surface area contributed by atoms with Crippen LogP contribution in [0.15, 0.2) is 11.4 Å². The van der Waals surface area contributed by atoms with E-state index < -0.39 is 0 Å². The van der Waals surface area contributed by atoms with Gasteiger partial charge in [-0.1, -0.05) is 0 Å². The number of aryl methyl sites for hydroxylation is 1. The summed E-state index contributed by atoms with van der Waals surface area (Å²) in [5.74, 6) is 0. The molecular weight excluding hydrogens is 168 g/mol. The lowest BCUT2D eigenvalue weighted by Crippen LogP contribution is -2.23. The quantitative estimate of drug-likeness (QED) is 0.772. The van der Waals surface area contributed by atoms with Gasteiger partial charge < -0.3 is 0 Å². The molecule has 0 saturated carbocycles. The highest BCUT2D eigenvalue weighted by Crippen LogP contribution is 2.12. The average Bonchev–Trinajstić information content (AvgIpc) is 2.47. The Bertz CT molecular complexity index is 285. The van der Waals surface area contributed by atoms with Gasteiger partial charge in [0.25, 0.3) is 0 Å². The SMILES string of the molecule is Cc1cc(CNC(C)C#N)cs1. The lowest BCUT2D eigenvalue weighted by Gasteiger charge is -2.02. The Morgan fingerprint density at radius 1 is 1.75 bits per heavy atom. The Morgan fingerprint density at radius 2 is 2.50 bits per heavy atom. The lowest BCUT2D eigenvalue weighted by atomic mass is 10.3. The predicted molar refractivity (Wildman–Crippen MR) is 51.0 cm³/mol. The van der Waals surface area contributed by atoms with Gasteiger partial charge in [-0.05, 0) is 30.9 Å². The van der Waals surface area contributed by atoms with Gasteiger partial charge in [-0.25, -0.2) is 0 Å². The second-order valence-electron chi connectivity index (χ2n) is 2.80. The number of nitrogens with zero attached hydrogens (tertiary/aromatic N) is 1. The first-order valence-electron chi connectivity index (χ1n) is 3.89. The topological polar surface area (TPSA) is 35.8 Å². The summed E-state index contributed by atoms with van der Waals surface area (Å²) in [5.41, 5.74) is 1.26. The number of thiophene rings is 1. The van der Waals surface area contributed by atoms with E-state index in [9.17, 15) is 0 Å². The van der Waals surface area contributed by atoms with E-state index in [1.165, 1.54) is 10.4 Å². The highest BCUT2D eigenvalue weighted by Gasteiger charge is 1.99. The molecule has 64 valence electrons. The van der Waals surface area contributed by atoms with Crippen molar-refractivity contribution >= 4 is 11.3 Å². The molecule has 3 heteroatoms. The fourth-order valence-corrected chi connectivity index (χ4v) is 1.62. The van der Waals surface area contributed by atoms with Gasteiger partial charge in [0.1, 0.15) is 0 Å². The van der Waals surface area contributed by atoms with Gasteiger partial charge in [0.2, 0.25) is 0 Å². The van der Waals surface area contributed by atoms with Crippen LogP contribution in [-0.4, -0.2) is 6.04 Å². The van der Waals surface area contributed by atoms with Crippen molar-refractivity contribution in [3.63, 3.8) is 0 Å². The van der Waals surface area contributed by atoms with Crippen LogP contribution in [0, 0.1) is 18.3 Å². The third-order valence-corrected chi connectivity index (χ3v) is 2.50. The third kappa shape index (κ3) is 2.65. The standard InChI is InChI=1S/C9H12N2S/c1-7(4-10)11-5-9-3-8(2)12-6-9/h3,6-7,11H,5H2,1-2H3. The van der Waals surface area contributed by atoms with Crippen molar-refractivity contribution in [1.29, 1.82) is 5.26 Å². The van der Waals surface area contributed by atoms with Gasteiger partial charge >= 0.3 is 0 Å². The van der Waals surface area contributed by atoms with Crippen LogP contribution in [0.4, 0.5) is 0 Å². The summed E-state index contributed by atoms with van der Waals surface area (Å²) in [6.07, 6.45) is 0. The predicted octanol–water partition coefficient (Wildman–Crippen LogP) is 2.06. The smallest absolute Gasteiger partial charge is 0.0927 e. The van der Waals surface area contributed by atoms with Crippen LogP contribution in [0.2, 0.25) is 0 Å². The molecule has 1 aromatic heterocycles. The Hall–Kier alpha value is -0.850. The van der Waals surface area contributed by atoms with Gasteiger partial charge in [0.15, 0.2) is 0 Å². The number of hydrogen-bond acceptors (Lipinski definition) is 3. The molecule has 0 aliphatic heterocycles. The van der Waals surface area contributed by atoms with Crippen LogP contribution < -0.4 is 5.32 Å². The summed E-state index contributed by atoms with van der Waals surface area (Å²) in [5, 5.41) is 13.7. The average molecular weight is 180 g/mol. The second kappa shape index (κ2) is 4.24. The minimum Gasteiger partial charge on any atom is -0.298 e. The second-order valence-corrected chi connectivity index (χ2v) is 3.91. The van der Waals surface area contributed by atoms with Gasteiger partial charge in [0.05, 0.1) is 12.1 Å². The maximum atomic E-state index is 8.51. The summed E-state index contributed by atoms with van der Waals surface area (Å²) >= 11 is 1.74. The number of nitrogens with one attached hydrogen (secondary N) is 1. The zero-order valence-electron chi connectivity index (χ0n) is 7.29. The zero-order valence-corrected chi connectivity index (χ0v) is 8.11. The Morgan fingerprint density at radius 3 is 3.00 bits per heavy atom. The third-order valence-electron chi connectivity index (χ3n) is 1.59. The van der Waals surface area contributed by atoms with Crippen molar-refractivity contribution in [2.45, 2.75) is 26.4 Å². The van der Waals surface area contributed by atoms with Gasteiger partial charge in [-0.3, -0.25) is 5.32 Å². The van der Waals surface area contributed by atoms with E-state index >= 15 is 0 Å². The first-order valence-corrected chi connectivity index (χ1v) is 4.77. The minimum atomic E-state index is -0.0646. The number of nitriles is 1.